The number of hydrogen-bond donors (Lipinski definition) is 2. The molecule has 0 saturated heterocycles. The SMILES string of the molecule is NCc1cccc(-c2cnc(C(N)=O)nc2)c1. The van der Waals surface area contributed by atoms with Crippen LogP contribution in [0.15, 0.2) is 36.7 Å². The van der Waals surface area contributed by atoms with Crippen molar-refractivity contribution in [2.24, 2.45) is 11.5 Å². The molecule has 5 heteroatoms. The van der Waals surface area contributed by atoms with E-state index in [1.165, 1.54) is 0 Å². The third-order valence-corrected chi connectivity index (χ3v) is 2.37. The fraction of sp³-hybridized carbons (Fsp3) is 0.0833. The maximum absolute atomic E-state index is 10.8. The summed E-state index contributed by atoms with van der Waals surface area (Å²) in [7, 11) is 0. The van der Waals surface area contributed by atoms with E-state index < -0.39 is 5.91 Å². The summed E-state index contributed by atoms with van der Waals surface area (Å²) in [5, 5.41) is 0. The Balaban J connectivity index is 2.36. The number of nitrogens with zero attached hydrogens (tertiary/aromatic N) is 2. The van der Waals surface area contributed by atoms with Gasteiger partial charge in [-0.1, -0.05) is 18.2 Å². The van der Waals surface area contributed by atoms with E-state index in [-0.39, 0.29) is 5.82 Å². The largest absolute Gasteiger partial charge is 0.363 e. The van der Waals surface area contributed by atoms with Gasteiger partial charge in [0, 0.05) is 24.5 Å². The van der Waals surface area contributed by atoms with Crippen molar-refractivity contribution in [1.82, 2.24) is 9.97 Å². The Morgan fingerprint density at radius 1 is 1.18 bits per heavy atom. The third kappa shape index (κ3) is 2.46. The highest BCUT2D eigenvalue weighted by molar-refractivity contribution is 5.88. The van der Waals surface area contributed by atoms with Crippen LogP contribution in [0.25, 0.3) is 11.1 Å². The number of aromatic nitrogens is 2. The molecule has 0 aliphatic rings. The molecule has 86 valence electrons. The molecule has 1 amide bonds. The summed E-state index contributed by atoms with van der Waals surface area (Å²) >= 11 is 0. The minimum Gasteiger partial charge on any atom is -0.363 e. The van der Waals surface area contributed by atoms with Crippen molar-refractivity contribution in [3.8, 4) is 11.1 Å². The van der Waals surface area contributed by atoms with Crippen LogP contribution in [0, 0.1) is 0 Å². The lowest BCUT2D eigenvalue weighted by Gasteiger charge is -2.03. The highest BCUT2D eigenvalue weighted by atomic mass is 16.1. The van der Waals surface area contributed by atoms with E-state index in [1.54, 1.807) is 12.4 Å². The molecule has 0 atom stereocenters. The second-order valence-electron chi connectivity index (χ2n) is 3.56. The predicted molar refractivity (Wildman–Crippen MR) is 63.9 cm³/mol. The van der Waals surface area contributed by atoms with Gasteiger partial charge < -0.3 is 11.5 Å². The first-order valence-corrected chi connectivity index (χ1v) is 5.12. The zero-order valence-electron chi connectivity index (χ0n) is 9.13. The van der Waals surface area contributed by atoms with Crippen molar-refractivity contribution < 1.29 is 4.79 Å². The molecule has 0 fully saturated rings. The summed E-state index contributed by atoms with van der Waals surface area (Å²) in [6, 6.07) is 7.76. The first-order chi connectivity index (χ1) is 8.20. The monoisotopic (exact) mass is 228 g/mol. The van der Waals surface area contributed by atoms with Crippen molar-refractivity contribution in [3.63, 3.8) is 0 Å². The predicted octanol–water partition coefficient (Wildman–Crippen LogP) is 0.701. The molecule has 2 aromatic rings. The van der Waals surface area contributed by atoms with Gasteiger partial charge in [-0.05, 0) is 17.2 Å². The van der Waals surface area contributed by atoms with E-state index in [2.05, 4.69) is 9.97 Å². The molecule has 0 unspecified atom stereocenters. The summed E-state index contributed by atoms with van der Waals surface area (Å²) < 4.78 is 0. The molecule has 0 radical (unpaired) electrons. The van der Waals surface area contributed by atoms with Crippen LogP contribution in [0.1, 0.15) is 16.2 Å². The summed E-state index contributed by atoms with van der Waals surface area (Å²) in [6.07, 6.45) is 3.14. The quantitative estimate of drug-likeness (QED) is 0.808. The van der Waals surface area contributed by atoms with Crippen LogP contribution in [-0.2, 0) is 6.54 Å². The number of amides is 1. The fourth-order valence-corrected chi connectivity index (χ4v) is 1.48. The number of primary amides is 1. The number of benzene rings is 1. The van der Waals surface area contributed by atoms with Crippen LogP contribution >= 0.6 is 0 Å². The Morgan fingerprint density at radius 3 is 2.47 bits per heavy atom. The van der Waals surface area contributed by atoms with E-state index in [0.717, 1.165) is 16.7 Å². The Bertz CT molecular complexity index is 536. The molecule has 0 spiro atoms. The van der Waals surface area contributed by atoms with Gasteiger partial charge in [-0.25, -0.2) is 9.97 Å². The van der Waals surface area contributed by atoms with Gasteiger partial charge in [-0.2, -0.15) is 0 Å². The lowest BCUT2D eigenvalue weighted by molar-refractivity contribution is 0.0990. The maximum atomic E-state index is 10.8. The van der Waals surface area contributed by atoms with Crippen molar-refractivity contribution >= 4 is 5.91 Å². The third-order valence-electron chi connectivity index (χ3n) is 2.37. The molecule has 1 aromatic heterocycles. The standard InChI is InChI=1S/C12H12N4O/c13-5-8-2-1-3-9(4-8)10-6-15-12(11(14)17)16-7-10/h1-4,6-7H,5,13H2,(H2,14,17). The van der Waals surface area contributed by atoms with Crippen LogP contribution < -0.4 is 11.5 Å². The lowest BCUT2D eigenvalue weighted by Crippen LogP contribution is -2.14. The molecule has 5 nitrogen and oxygen atoms in total. The van der Waals surface area contributed by atoms with Crippen molar-refractivity contribution in [1.29, 1.82) is 0 Å². The molecule has 1 heterocycles. The number of carbonyl (C=O) groups is 1. The van der Waals surface area contributed by atoms with E-state index in [4.69, 9.17) is 11.5 Å². The Labute approximate surface area is 98.5 Å². The average Bonchev–Trinajstić information content (AvgIpc) is 2.39. The number of hydrogen-bond acceptors (Lipinski definition) is 4. The molecular weight excluding hydrogens is 216 g/mol. The fourth-order valence-electron chi connectivity index (χ4n) is 1.48. The number of nitrogens with two attached hydrogens (primary N) is 2. The Morgan fingerprint density at radius 2 is 1.88 bits per heavy atom. The average molecular weight is 228 g/mol. The highest BCUT2D eigenvalue weighted by Crippen LogP contribution is 2.18. The van der Waals surface area contributed by atoms with Crippen molar-refractivity contribution in [2.45, 2.75) is 6.54 Å². The van der Waals surface area contributed by atoms with Gasteiger partial charge in [-0.15, -0.1) is 0 Å². The summed E-state index contributed by atoms with van der Waals surface area (Å²) in [6.45, 7) is 0.480. The highest BCUT2D eigenvalue weighted by Gasteiger charge is 2.04. The normalized spacial score (nSPS) is 10.2. The topological polar surface area (TPSA) is 94.9 Å². The van der Waals surface area contributed by atoms with Gasteiger partial charge in [-0.3, -0.25) is 4.79 Å². The van der Waals surface area contributed by atoms with Gasteiger partial charge in [0.25, 0.3) is 5.91 Å². The second-order valence-corrected chi connectivity index (χ2v) is 3.56. The van der Waals surface area contributed by atoms with Crippen molar-refractivity contribution in [3.05, 3.63) is 48.0 Å². The molecular formula is C12H12N4O. The van der Waals surface area contributed by atoms with Gasteiger partial charge in [0.15, 0.2) is 0 Å². The van der Waals surface area contributed by atoms with Gasteiger partial charge >= 0.3 is 0 Å². The van der Waals surface area contributed by atoms with Crippen LogP contribution in [0.5, 0.6) is 0 Å². The minimum absolute atomic E-state index is 0.0173. The van der Waals surface area contributed by atoms with Crippen LogP contribution in [0.3, 0.4) is 0 Å². The molecule has 0 aliphatic heterocycles. The maximum Gasteiger partial charge on any atom is 0.286 e. The number of rotatable bonds is 3. The molecule has 0 bridgehead atoms. The van der Waals surface area contributed by atoms with Gasteiger partial charge in [0.05, 0.1) is 0 Å². The molecule has 1 aromatic carbocycles. The van der Waals surface area contributed by atoms with Crippen LogP contribution in [-0.4, -0.2) is 15.9 Å². The molecule has 2 rings (SSSR count). The van der Waals surface area contributed by atoms with Crippen molar-refractivity contribution in [2.75, 3.05) is 0 Å². The van der Waals surface area contributed by atoms with E-state index in [1.807, 2.05) is 24.3 Å². The minimum atomic E-state index is -0.632. The van der Waals surface area contributed by atoms with E-state index in [0.29, 0.717) is 6.54 Å². The molecule has 0 saturated carbocycles. The smallest absolute Gasteiger partial charge is 0.286 e. The number of carbonyl (C=O) groups excluding carboxylic acids is 1. The first-order valence-electron chi connectivity index (χ1n) is 5.12. The summed E-state index contributed by atoms with van der Waals surface area (Å²) in [4.78, 5) is 18.6. The van der Waals surface area contributed by atoms with Crippen LogP contribution in [0.2, 0.25) is 0 Å². The zero-order valence-corrected chi connectivity index (χ0v) is 9.13. The van der Waals surface area contributed by atoms with E-state index >= 15 is 0 Å². The second kappa shape index (κ2) is 4.71. The molecule has 17 heavy (non-hydrogen) atoms. The Hall–Kier alpha value is -2.27. The van der Waals surface area contributed by atoms with Crippen LogP contribution in [0.4, 0.5) is 0 Å². The van der Waals surface area contributed by atoms with Gasteiger partial charge in [0.1, 0.15) is 0 Å². The van der Waals surface area contributed by atoms with E-state index in [9.17, 15) is 4.79 Å². The zero-order chi connectivity index (χ0) is 12.3. The molecule has 0 aliphatic carbocycles. The first kappa shape index (κ1) is 11.2. The Kier molecular flexibility index (Phi) is 3.11. The van der Waals surface area contributed by atoms with Gasteiger partial charge in [0.2, 0.25) is 5.82 Å². The molecule has 4 N–H and O–H groups in total. The lowest BCUT2D eigenvalue weighted by atomic mass is 10.1. The summed E-state index contributed by atoms with van der Waals surface area (Å²) in [5.74, 6) is -0.615. The summed E-state index contributed by atoms with van der Waals surface area (Å²) in [5.41, 5.74) is 13.5.